The van der Waals surface area contributed by atoms with Gasteiger partial charge in [-0.3, -0.25) is 0 Å². The van der Waals surface area contributed by atoms with Gasteiger partial charge in [-0.1, -0.05) is 12.1 Å². The molecule has 0 radical (unpaired) electrons. The van der Waals surface area contributed by atoms with Gasteiger partial charge < -0.3 is 5.32 Å². The Kier molecular flexibility index (Phi) is 4.70. The predicted molar refractivity (Wildman–Crippen MR) is 77.2 cm³/mol. The number of benzene rings is 2. The Morgan fingerprint density at radius 2 is 1.70 bits per heavy atom. The second-order valence-corrected chi connectivity index (χ2v) is 5.48. The molecule has 0 aromatic heterocycles. The molecule has 0 amide bonds. The first-order chi connectivity index (χ1) is 9.45. The molecule has 2 rings (SSSR count). The highest BCUT2D eigenvalue weighted by molar-refractivity contribution is 9.10. The lowest BCUT2D eigenvalue weighted by molar-refractivity contribution is 0.594. The van der Waals surface area contributed by atoms with Crippen LogP contribution in [-0.2, 0) is 6.42 Å². The third-order valence-corrected chi connectivity index (χ3v) is 3.47. The third kappa shape index (κ3) is 3.76. The van der Waals surface area contributed by atoms with Crippen LogP contribution in [0.25, 0.3) is 0 Å². The normalized spacial score (nSPS) is 12.2. The van der Waals surface area contributed by atoms with Crippen LogP contribution < -0.4 is 5.32 Å². The zero-order chi connectivity index (χ0) is 14.7. The van der Waals surface area contributed by atoms with Crippen LogP contribution in [0.15, 0.2) is 40.9 Å². The van der Waals surface area contributed by atoms with Gasteiger partial charge in [0.2, 0.25) is 0 Å². The van der Waals surface area contributed by atoms with Crippen molar-refractivity contribution < 1.29 is 13.2 Å². The van der Waals surface area contributed by atoms with Crippen molar-refractivity contribution in [3.05, 3.63) is 63.9 Å². The lowest BCUT2D eigenvalue weighted by Crippen LogP contribution is -2.19. The average molecular weight is 344 g/mol. The van der Waals surface area contributed by atoms with Crippen LogP contribution >= 0.6 is 15.9 Å². The maximum atomic E-state index is 13.7. The van der Waals surface area contributed by atoms with Crippen molar-refractivity contribution in [2.45, 2.75) is 19.4 Å². The fraction of sp³-hybridized carbons (Fsp3) is 0.200. The van der Waals surface area contributed by atoms with Crippen LogP contribution in [0.4, 0.5) is 18.9 Å². The van der Waals surface area contributed by atoms with E-state index in [0.29, 0.717) is 6.42 Å². The van der Waals surface area contributed by atoms with Gasteiger partial charge in [-0.2, -0.15) is 0 Å². The summed E-state index contributed by atoms with van der Waals surface area (Å²) in [7, 11) is 0. The highest BCUT2D eigenvalue weighted by atomic mass is 79.9. The standard InChI is InChI=1S/C15H13BrF3N/c1-9(6-10-2-4-11(17)5-3-10)20-15-8-13(18)12(16)7-14(15)19/h2-5,7-9,20H,6H2,1H3. The SMILES string of the molecule is CC(Cc1ccc(F)cc1)Nc1cc(F)c(Br)cc1F. The molecular weight excluding hydrogens is 331 g/mol. The fourth-order valence-corrected chi connectivity index (χ4v) is 2.24. The second kappa shape index (κ2) is 6.31. The lowest BCUT2D eigenvalue weighted by Gasteiger charge is -2.16. The molecule has 0 saturated carbocycles. The molecular formula is C15H13BrF3N. The maximum Gasteiger partial charge on any atom is 0.147 e. The molecule has 1 nitrogen and oxygen atoms in total. The van der Waals surface area contributed by atoms with Gasteiger partial charge in [0.1, 0.15) is 17.5 Å². The first-order valence-corrected chi connectivity index (χ1v) is 6.90. The highest BCUT2D eigenvalue weighted by Gasteiger charge is 2.11. The summed E-state index contributed by atoms with van der Waals surface area (Å²) < 4.78 is 39.9. The molecule has 2 aromatic rings. The van der Waals surface area contributed by atoms with E-state index in [2.05, 4.69) is 21.2 Å². The number of halogens is 4. The van der Waals surface area contributed by atoms with Crippen molar-refractivity contribution in [3.8, 4) is 0 Å². The minimum atomic E-state index is -0.525. The number of rotatable bonds is 4. The van der Waals surface area contributed by atoms with Crippen molar-refractivity contribution in [1.82, 2.24) is 0 Å². The maximum absolute atomic E-state index is 13.7. The molecule has 1 unspecified atom stereocenters. The van der Waals surface area contributed by atoms with Gasteiger partial charge in [-0.25, -0.2) is 13.2 Å². The number of nitrogens with one attached hydrogen (secondary N) is 1. The Balaban J connectivity index is 2.06. The molecule has 2 aromatic carbocycles. The van der Waals surface area contributed by atoms with Gasteiger partial charge in [0, 0.05) is 12.1 Å². The number of hydrogen-bond acceptors (Lipinski definition) is 1. The molecule has 0 aliphatic carbocycles. The van der Waals surface area contributed by atoms with Gasteiger partial charge >= 0.3 is 0 Å². The van der Waals surface area contributed by atoms with Gasteiger partial charge in [0.15, 0.2) is 0 Å². The van der Waals surface area contributed by atoms with E-state index in [0.717, 1.165) is 17.7 Å². The molecule has 0 spiro atoms. The largest absolute Gasteiger partial charge is 0.380 e. The van der Waals surface area contributed by atoms with E-state index in [1.807, 2.05) is 6.92 Å². The smallest absolute Gasteiger partial charge is 0.147 e. The van der Waals surface area contributed by atoms with E-state index in [1.54, 1.807) is 12.1 Å². The van der Waals surface area contributed by atoms with Crippen LogP contribution in [0.1, 0.15) is 12.5 Å². The van der Waals surface area contributed by atoms with E-state index in [4.69, 9.17) is 0 Å². The van der Waals surface area contributed by atoms with Gasteiger partial charge in [0.25, 0.3) is 0 Å². The van der Waals surface area contributed by atoms with Crippen molar-refractivity contribution in [2.75, 3.05) is 5.32 Å². The summed E-state index contributed by atoms with van der Waals surface area (Å²) in [5.41, 5.74) is 1.03. The molecule has 0 aliphatic rings. The van der Waals surface area contributed by atoms with Crippen LogP contribution in [0.5, 0.6) is 0 Å². The van der Waals surface area contributed by atoms with E-state index in [9.17, 15) is 13.2 Å². The van der Waals surface area contributed by atoms with Gasteiger partial charge in [-0.05, 0) is 53.0 Å². The summed E-state index contributed by atoms with van der Waals surface area (Å²) in [6, 6.07) is 8.18. The summed E-state index contributed by atoms with van der Waals surface area (Å²) in [6.07, 6.45) is 0.581. The number of anilines is 1. The molecule has 5 heteroatoms. The average Bonchev–Trinajstić information content (AvgIpc) is 2.39. The molecule has 1 atom stereocenters. The molecule has 20 heavy (non-hydrogen) atoms. The second-order valence-electron chi connectivity index (χ2n) is 4.62. The predicted octanol–water partition coefficient (Wildman–Crippen LogP) is 4.91. The van der Waals surface area contributed by atoms with Gasteiger partial charge in [-0.15, -0.1) is 0 Å². The van der Waals surface area contributed by atoms with Gasteiger partial charge in [0.05, 0.1) is 10.2 Å². The van der Waals surface area contributed by atoms with Crippen molar-refractivity contribution in [2.24, 2.45) is 0 Å². The van der Waals surface area contributed by atoms with E-state index < -0.39 is 11.6 Å². The lowest BCUT2D eigenvalue weighted by atomic mass is 10.1. The molecule has 0 bridgehead atoms. The van der Waals surface area contributed by atoms with E-state index in [-0.39, 0.29) is 22.0 Å². The summed E-state index contributed by atoms with van der Waals surface area (Å²) in [5.74, 6) is -1.34. The summed E-state index contributed by atoms with van der Waals surface area (Å²) >= 11 is 2.93. The molecule has 0 heterocycles. The van der Waals surface area contributed by atoms with Crippen LogP contribution in [0, 0.1) is 17.5 Å². The topological polar surface area (TPSA) is 12.0 Å². The zero-order valence-electron chi connectivity index (χ0n) is 10.8. The Bertz CT molecular complexity index is 599. The molecule has 1 N–H and O–H groups in total. The fourth-order valence-electron chi connectivity index (χ4n) is 1.92. The monoisotopic (exact) mass is 343 g/mol. The van der Waals surface area contributed by atoms with E-state index >= 15 is 0 Å². The Labute approximate surface area is 123 Å². The van der Waals surface area contributed by atoms with Crippen LogP contribution in [0.3, 0.4) is 0 Å². The molecule has 0 aliphatic heterocycles. The van der Waals surface area contributed by atoms with Crippen LogP contribution in [0.2, 0.25) is 0 Å². The summed E-state index contributed by atoms with van der Waals surface area (Å²) in [4.78, 5) is 0. The van der Waals surface area contributed by atoms with Crippen molar-refractivity contribution >= 4 is 21.6 Å². The molecule has 0 fully saturated rings. The van der Waals surface area contributed by atoms with E-state index in [1.165, 1.54) is 12.1 Å². The minimum absolute atomic E-state index is 0.0896. The minimum Gasteiger partial charge on any atom is -0.380 e. The Hall–Kier alpha value is -1.49. The van der Waals surface area contributed by atoms with Crippen molar-refractivity contribution in [1.29, 1.82) is 0 Å². The highest BCUT2D eigenvalue weighted by Crippen LogP contribution is 2.24. The summed E-state index contributed by atoms with van der Waals surface area (Å²) in [5, 5.41) is 2.91. The molecule has 106 valence electrons. The van der Waals surface area contributed by atoms with Crippen molar-refractivity contribution in [3.63, 3.8) is 0 Å². The first kappa shape index (κ1) is 14.9. The first-order valence-electron chi connectivity index (χ1n) is 6.11. The Morgan fingerprint density at radius 3 is 2.35 bits per heavy atom. The van der Waals surface area contributed by atoms with Crippen LogP contribution in [-0.4, -0.2) is 6.04 Å². The quantitative estimate of drug-likeness (QED) is 0.777. The zero-order valence-corrected chi connectivity index (χ0v) is 12.3. The number of hydrogen-bond donors (Lipinski definition) is 1. The summed E-state index contributed by atoms with van der Waals surface area (Å²) in [6.45, 7) is 1.85. The third-order valence-electron chi connectivity index (χ3n) is 2.87. The molecule has 0 saturated heterocycles. The Morgan fingerprint density at radius 1 is 1.05 bits per heavy atom.